The van der Waals surface area contributed by atoms with Gasteiger partial charge in [0.1, 0.15) is 11.3 Å². The van der Waals surface area contributed by atoms with Gasteiger partial charge in [0.05, 0.1) is 6.04 Å². The van der Waals surface area contributed by atoms with Gasteiger partial charge in [0.2, 0.25) is 0 Å². The molecule has 2 nitrogen and oxygen atoms in total. The van der Waals surface area contributed by atoms with Crippen molar-refractivity contribution < 1.29 is 4.42 Å². The molecule has 0 amide bonds. The monoisotopic (exact) mass is 285 g/mol. The van der Waals surface area contributed by atoms with Crippen LogP contribution in [0.5, 0.6) is 0 Å². The molecule has 1 unspecified atom stereocenters. The highest BCUT2D eigenvalue weighted by molar-refractivity contribution is 6.31. The molecule has 0 saturated carbocycles. The summed E-state index contributed by atoms with van der Waals surface area (Å²) < 4.78 is 5.94. The summed E-state index contributed by atoms with van der Waals surface area (Å²) in [6.45, 7) is 2.00. The fraction of sp³-hybridized carbons (Fsp3) is 0.176. The average molecular weight is 286 g/mol. The van der Waals surface area contributed by atoms with Crippen LogP contribution in [0, 0.1) is 6.92 Å². The van der Waals surface area contributed by atoms with E-state index in [-0.39, 0.29) is 6.04 Å². The summed E-state index contributed by atoms with van der Waals surface area (Å²) in [5.74, 6) is 0.897. The Morgan fingerprint density at radius 2 is 1.90 bits per heavy atom. The van der Waals surface area contributed by atoms with Crippen molar-refractivity contribution in [2.24, 2.45) is 0 Å². The minimum atomic E-state index is 0.000463. The molecule has 3 heteroatoms. The number of nitrogens with one attached hydrogen (secondary N) is 1. The van der Waals surface area contributed by atoms with Crippen LogP contribution in [0.4, 0.5) is 0 Å². The van der Waals surface area contributed by atoms with Gasteiger partial charge in [-0.2, -0.15) is 0 Å². The van der Waals surface area contributed by atoms with Gasteiger partial charge >= 0.3 is 0 Å². The molecule has 1 heterocycles. The van der Waals surface area contributed by atoms with Crippen LogP contribution in [-0.2, 0) is 0 Å². The molecule has 20 heavy (non-hydrogen) atoms. The van der Waals surface area contributed by atoms with Gasteiger partial charge in [-0.3, -0.25) is 0 Å². The molecular formula is C17H16ClNO. The van der Waals surface area contributed by atoms with E-state index in [4.69, 9.17) is 16.0 Å². The van der Waals surface area contributed by atoms with Crippen LogP contribution in [0.3, 0.4) is 0 Å². The number of para-hydroxylation sites is 1. The fourth-order valence-corrected chi connectivity index (χ4v) is 2.60. The molecule has 1 N–H and O–H groups in total. The van der Waals surface area contributed by atoms with E-state index in [9.17, 15) is 0 Å². The van der Waals surface area contributed by atoms with Crippen LogP contribution in [0.25, 0.3) is 11.0 Å². The lowest BCUT2D eigenvalue weighted by atomic mass is 10.0. The lowest BCUT2D eigenvalue weighted by molar-refractivity contribution is 0.491. The highest BCUT2D eigenvalue weighted by atomic mass is 35.5. The molecule has 0 fully saturated rings. The van der Waals surface area contributed by atoms with E-state index in [0.29, 0.717) is 0 Å². The van der Waals surface area contributed by atoms with Crippen molar-refractivity contribution >= 4 is 22.6 Å². The topological polar surface area (TPSA) is 25.2 Å². The number of benzene rings is 2. The third kappa shape index (κ3) is 2.33. The molecule has 2 aromatic carbocycles. The molecule has 0 radical (unpaired) electrons. The molecule has 0 aliphatic rings. The molecule has 0 aliphatic heterocycles. The number of hydrogen-bond acceptors (Lipinski definition) is 2. The van der Waals surface area contributed by atoms with Gasteiger partial charge in [-0.05, 0) is 43.3 Å². The highest BCUT2D eigenvalue weighted by Gasteiger charge is 2.17. The predicted molar refractivity (Wildman–Crippen MR) is 83.3 cm³/mol. The lowest BCUT2D eigenvalue weighted by Gasteiger charge is -2.15. The Morgan fingerprint density at radius 1 is 1.10 bits per heavy atom. The van der Waals surface area contributed by atoms with E-state index in [0.717, 1.165) is 32.9 Å². The maximum atomic E-state index is 6.22. The minimum absolute atomic E-state index is 0.000463. The Labute approximate surface area is 123 Å². The van der Waals surface area contributed by atoms with Gasteiger partial charge in [-0.1, -0.05) is 41.9 Å². The van der Waals surface area contributed by atoms with Gasteiger partial charge in [0.15, 0.2) is 0 Å². The third-order valence-corrected chi connectivity index (χ3v) is 3.95. The van der Waals surface area contributed by atoms with Crippen molar-refractivity contribution in [2.75, 3.05) is 7.05 Å². The Morgan fingerprint density at radius 3 is 2.60 bits per heavy atom. The molecule has 0 aliphatic carbocycles. The van der Waals surface area contributed by atoms with Gasteiger partial charge in [0, 0.05) is 10.4 Å². The first-order valence-corrected chi connectivity index (χ1v) is 6.98. The van der Waals surface area contributed by atoms with Crippen molar-refractivity contribution in [3.05, 3.63) is 70.4 Å². The lowest BCUT2D eigenvalue weighted by Crippen LogP contribution is -2.17. The second-order valence-electron chi connectivity index (χ2n) is 4.92. The number of halogens is 1. The van der Waals surface area contributed by atoms with Crippen LogP contribution >= 0.6 is 11.6 Å². The maximum absolute atomic E-state index is 6.22. The molecular weight excluding hydrogens is 270 g/mol. The molecule has 102 valence electrons. The van der Waals surface area contributed by atoms with Crippen molar-refractivity contribution in [3.8, 4) is 0 Å². The first kappa shape index (κ1) is 13.2. The van der Waals surface area contributed by atoms with Gasteiger partial charge in [0.25, 0.3) is 0 Å². The summed E-state index contributed by atoms with van der Waals surface area (Å²) in [5.41, 5.74) is 3.08. The standard InChI is InChI=1S/C17H16ClNO/c1-11-7-8-13(9-14(11)18)17(19-2)16-10-12-5-3-4-6-15(12)20-16/h3-10,17,19H,1-2H3. The average Bonchev–Trinajstić information content (AvgIpc) is 2.87. The van der Waals surface area contributed by atoms with E-state index < -0.39 is 0 Å². The zero-order chi connectivity index (χ0) is 14.1. The predicted octanol–water partition coefficient (Wildman–Crippen LogP) is 4.70. The second kappa shape index (κ2) is 5.31. The SMILES string of the molecule is CNC(c1ccc(C)c(Cl)c1)c1cc2ccccc2o1. The minimum Gasteiger partial charge on any atom is -0.459 e. The summed E-state index contributed by atoms with van der Waals surface area (Å²) in [6, 6.07) is 16.2. The number of fused-ring (bicyclic) bond motifs is 1. The maximum Gasteiger partial charge on any atom is 0.134 e. The molecule has 3 aromatic rings. The van der Waals surface area contributed by atoms with E-state index in [2.05, 4.69) is 23.5 Å². The molecule has 0 spiro atoms. The third-order valence-electron chi connectivity index (χ3n) is 3.55. The summed E-state index contributed by atoms with van der Waals surface area (Å²) in [5, 5.41) is 5.18. The molecule has 3 rings (SSSR count). The summed E-state index contributed by atoms with van der Waals surface area (Å²) in [6.07, 6.45) is 0. The number of hydrogen-bond donors (Lipinski definition) is 1. The zero-order valence-electron chi connectivity index (χ0n) is 11.5. The van der Waals surface area contributed by atoms with Gasteiger partial charge in [-0.25, -0.2) is 0 Å². The van der Waals surface area contributed by atoms with E-state index >= 15 is 0 Å². The molecule has 1 aromatic heterocycles. The summed E-state index contributed by atoms with van der Waals surface area (Å²) >= 11 is 6.22. The highest BCUT2D eigenvalue weighted by Crippen LogP contribution is 2.30. The van der Waals surface area contributed by atoms with Crippen molar-refractivity contribution in [3.63, 3.8) is 0 Å². The summed E-state index contributed by atoms with van der Waals surface area (Å²) in [4.78, 5) is 0. The fourth-order valence-electron chi connectivity index (χ4n) is 2.41. The largest absolute Gasteiger partial charge is 0.459 e. The van der Waals surface area contributed by atoms with Crippen molar-refractivity contribution in [1.82, 2.24) is 5.32 Å². The van der Waals surface area contributed by atoms with Gasteiger partial charge in [-0.15, -0.1) is 0 Å². The van der Waals surface area contributed by atoms with Crippen LogP contribution in [0.15, 0.2) is 52.9 Å². The Bertz CT molecular complexity index is 715. The molecule has 1 atom stereocenters. The Kier molecular flexibility index (Phi) is 3.51. The number of aryl methyl sites for hydroxylation is 1. The van der Waals surface area contributed by atoms with Gasteiger partial charge < -0.3 is 9.73 Å². The van der Waals surface area contributed by atoms with Crippen LogP contribution in [-0.4, -0.2) is 7.05 Å². The second-order valence-corrected chi connectivity index (χ2v) is 5.32. The molecule has 0 bridgehead atoms. The zero-order valence-corrected chi connectivity index (χ0v) is 12.2. The molecule has 0 saturated heterocycles. The Hall–Kier alpha value is -1.77. The van der Waals surface area contributed by atoms with Crippen LogP contribution < -0.4 is 5.32 Å². The smallest absolute Gasteiger partial charge is 0.134 e. The summed E-state index contributed by atoms with van der Waals surface area (Å²) in [7, 11) is 1.92. The van der Waals surface area contributed by atoms with E-state index in [1.54, 1.807) is 0 Å². The first-order chi connectivity index (χ1) is 9.69. The van der Waals surface area contributed by atoms with E-state index in [1.165, 1.54) is 0 Å². The number of rotatable bonds is 3. The van der Waals surface area contributed by atoms with Crippen molar-refractivity contribution in [2.45, 2.75) is 13.0 Å². The first-order valence-electron chi connectivity index (χ1n) is 6.61. The van der Waals surface area contributed by atoms with Crippen LogP contribution in [0.1, 0.15) is 22.9 Å². The van der Waals surface area contributed by atoms with Crippen LogP contribution in [0.2, 0.25) is 5.02 Å². The normalized spacial score (nSPS) is 12.8. The number of furan rings is 1. The van der Waals surface area contributed by atoms with E-state index in [1.807, 2.05) is 44.3 Å². The quantitative estimate of drug-likeness (QED) is 0.754. The Balaban J connectivity index is 2.06. The van der Waals surface area contributed by atoms with Crippen molar-refractivity contribution in [1.29, 1.82) is 0 Å².